The fourth-order valence-electron chi connectivity index (χ4n) is 2.43. The van der Waals surface area contributed by atoms with Crippen molar-refractivity contribution in [2.75, 3.05) is 12.4 Å². The summed E-state index contributed by atoms with van der Waals surface area (Å²) in [6.45, 7) is 1.19. The van der Waals surface area contributed by atoms with E-state index < -0.39 is 64.2 Å². The van der Waals surface area contributed by atoms with Crippen LogP contribution in [0.2, 0.25) is 0 Å². The van der Waals surface area contributed by atoms with E-state index in [4.69, 9.17) is 0 Å². The number of methoxy groups -OCH3 is 1. The molecular weight excluding hydrogens is 590 g/mol. The van der Waals surface area contributed by atoms with Gasteiger partial charge in [-0.3, -0.25) is 4.79 Å². The minimum Gasteiger partial charge on any atom is -0.495 e. The van der Waals surface area contributed by atoms with Gasteiger partial charge in [0, 0.05) is 0 Å². The van der Waals surface area contributed by atoms with Gasteiger partial charge < -0.3 is 10.1 Å². The Bertz CT molecular complexity index is 1020. The van der Waals surface area contributed by atoms with E-state index in [1.54, 1.807) is 0 Å². The number of anilines is 1. The van der Waals surface area contributed by atoms with Gasteiger partial charge in [0.15, 0.2) is 0 Å². The van der Waals surface area contributed by atoms with Crippen LogP contribution in [0.4, 0.5) is 75.9 Å². The third-order valence-electron chi connectivity index (χ3n) is 4.61. The first-order valence-corrected chi connectivity index (χ1v) is 9.15. The van der Waals surface area contributed by atoms with Crippen molar-refractivity contribution < 1.29 is 79.8 Å². The van der Waals surface area contributed by atoms with Gasteiger partial charge in [0.25, 0.3) is 0 Å². The van der Waals surface area contributed by atoms with Crippen LogP contribution in [-0.4, -0.2) is 59.9 Å². The van der Waals surface area contributed by atoms with Gasteiger partial charge in [-0.2, -0.15) is 70.2 Å². The lowest BCUT2D eigenvalue weighted by Gasteiger charge is -2.42. The third kappa shape index (κ3) is 4.60. The summed E-state index contributed by atoms with van der Waals surface area (Å²) < 4.78 is 220. The van der Waals surface area contributed by atoms with Crippen LogP contribution >= 0.6 is 11.6 Å². The lowest BCUT2D eigenvalue weighted by Crippen LogP contribution is -2.75. The monoisotopic (exact) mass is 599 g/mol. The Balaban J connectivity index is 3.62. The predicted octanol–water partition coefficient (Wildman–Crippen LogP) is 7.22. The summed E-state index contributed by atoms with van der Waals surface area (Å²) in [6.07, 6.45) is 0. The van der Waals surface area contributed by atoms with Gasteiger partial charge >= 0.3 is 52.7 Å². The van der Waals surface area contributed by atoms with E-state index in [2.05, 4.69) is 16.3 Å². The molecule has 0 bridgehead atoms. The van der Waals surface area contributed by atoms with Crippen molar-refractivity contribution in [1.82, 2.24) is 0 Å². The average molecular weight is 600 g/mol. The molecule has 0 aromatic heterocycles. The summed E-state index contributed by atoms with van der Waals surface area (Å²) >= 11 is 3.44. The van der Waals surface area contributed by atoms with Crippen molar-refractivity contribution in [2.24, 2.45) is 0 Å². The molecule has 0 atom stereocenters. The van der Waals surface area contributed by atoms with Crippen molar-refractivity contribution in [3.05, 3.63) is 23.8 Å². The molecular formula is C17H10ClF16NO2. The van der Waals surface area contributed by atoms with E-state index in [0.717, 1.165) is 18.5 Å². The summed E-state index contributed by atoms with van der Waals surface area (Å²) in [5.74, 6) is -61.4. The molecule has 20 heteroatoms. The molecule has 1 rings (SSSR count). The van der Waals surface area contributed by atoms with Crippen LogP contribution in [0, 0.1) is 6.92 Å². The highest BCUT2D eigenvalue weighted by atomic mass is 35.5. The standard InChI is InChI=1S/C17H10ClF16NO2/c1-6-3-4-8(37-2)7(5-6)35-9(36)10(19,20)11(21,22)12(23,24)13(25,26)14(27,28)15(29,30)16(31,32)17(18,33)34/h3-5H,1-2H3,(H,35,36). The summed E-state index contributed by atoms with van der Waals surface area (Å²) in [4.78, 5) is 11.6. The van der Waals surface area contributed by atoms with Gasteiger partial charge in [0.1, 0.15) is 5.75 Å². The fourth-order valence-corrected chi connectivity index (χ4v) is 2.55. The molecule has 0 heterocycles. The van der Waals surface area contributed by atoms with Gasteiger partial charge in [-0.05, 0) is 36.2 Å². The molecule has 0 saturated carbocycles. The zero-order valence-corrected chi connectivity index (χ0v) is 18.2. The van der Waals surface area contributed by atoms with Crippen LogP contribution in [0.5, 0.6) is 5.75 Å². The van der Waals surface area contributed by atoms with Crippen LogP contribution in [0.25, 0.3) is 0 Å². The van der Waals surface area contributed by atoms with Crippen molar-refractivity contribution in [2.45, 2.75) is 53.8 Å². The molecule has 1 N–H and O–H groups in total. The molecule has 0 unspecified atom stereocenters. The van der Waals surface area contributed by atoms with Gasteiger partial charge in [-0.15, -0.1) is 0 Å². The van der Waals surface area contributed by atoms with Crippen molar-refractivity contribution in [3.8, 4) is 5.75 Å². The number of alkyl halides is 17. The molecule has 0 spiro atoms. The van der Waals surface area contributed by atoms with Crippen LogP contribution in [0.3, 0.4) is 0 Å². The summed E-state index contributed by atoms with van der Waals surface area (Å²) in [5.41, 5.74) is -0.930. The quantitative estimate of drug-likeness (QED) is 0.228. The van der Waals surface area contributed by atoms with Crippen LogP contribution in [0.1, 0.15) is 5.56 Å². The largest absolute Gasteiger partial charge is 0.495 e. The van der Waals surface area contributed by atoms with E-state index in [1.165, 1.54) is 13.0 Å². The molecule has 1 aromatic rings. The molecule has 0 saturated heterocycles. The Morgan fingerprint density at radius 1 is 0.703 bits per heavy atom. The highest BCUT2D eigenvalue weighted by Crippen LogP contribution is 2.64. The zero-order valence-electron chi connectivity index (χ0n) is 17.5. The van der Waals surface area contributed by atoms with Crippen molar-refractivity contribution in [3.63, 3.8) is 0 Å². The second-order valence-electron chi connectivity index (χ2n) is 7.18. The number of halogens is 17. The molecule has 37 heavy (non-hydrogen) atoms. The number of ether oxygens (including phenoxy) is 1. The van der Waals surface area contributed by atoms with Crippen molar-refractivity contribution >= 4 is 23.2 Å². The number of carbonyl (C=O) groups is 1. The molecule has 214 valence electrons. The maximum Gasteiger partial charge on any atom is 0.393 e. The van der Waals surface area contributed by atoms with E-state index in [-0.39, 0.29) is 5.56 Å². The first kappa shape index (κ1) is 32.7. The number of benzene rings is 1. The second-order valence-corrected chi connectivity index (χ2v) is 7.65. The topological polar surface area (TPSA) is 38.3 Å². The SMILES string of the molecule is COc1ccc(C)cc1NC(=O)C(F)(F)C(F)(F)C(F)(F)C(F)(F)C(F)(F)C(F)(F)C(F)(F)C(F)(F)Cl. The van der Waals surface area contributed by atoms with Gasteiger partial charge in [0.05, 0.1) is 12.8 Å². The minimum absolute atomic E-state index is 0.0573. The maximum absolute atomic E-state index is 14.0. The lowest BCUT2D eigenvalue weighted by atomic mass is 9.89. The third-order valence-corrected chi connectivity index (χ3v) is 4.85. The average Bonchev–Trinajstić information content (AvgIpc) is 2.72. The van der Waals surface area contributed by atoms with Crippen LogP contribution in [-0.2, 0) is 4.79 Å². The predicted molar refractivity (Wildman–Crippen MR) is 91.8 cm³/mol. The Morgan fingerprint density at radius 2 is 1.08 bits per heavy atom. The molecule has 0 aliphatic heterocycles. The number of aryl methyl sites for hydroxylation is 1. The van der Waals surface area contributed by atoms with E-state index in [9.17, 15) is 75.0 Å². The number of amides is 1. The Kier molecular flexibility index (Phi) is 8.08. The molecule has 1 amide bonds. The molecule has 0 fully saturated rings. The normalized spacial score (nSPS) is 15.0. The van der Waals surface area contributed by atoms with E-state index in [1.807, 2.05) is 0 Å². The first-order chi connectivity index (χ1) is 16.1. The minimum atomic E-state index is -8.65. The Labute approximate surface area is 199 Å². The Hall–Kier alpha value is -2.34. The molecule has 0 aliphatic carbocycles. The number of hydrogen-bond acceptors (Lipinski definition) is 2. The van der Waals surface area contributed by atoms with E-state index in [0.29, 0.717) is 6.07 Å². The number of nitrogens with one attached hydrogen (secondary N) is 1. The summed E-state index contributed by atoms with van der Waals surface area (Å²) in [6, 6.07) is 2.73. The van der Waals surface area contributed by atoms with Crippen molar-refractivity contribution in [1.29, 1.82) is 0 Å². The van der Waals surface area contributed by atoms with Crippen LogP contribution in [0.15, 0.2) is 18.2 Å². The first-order valence-electron chi connectivity index (χ1n) is 8.77. The summed E-state index contributed by atoms with van der Waals surface area (Å²) in [7, 11) is 0.810. The highest BCUT2D eigenvalue weighted by Gasteiger charge is 2.95. The van der Waals surface area contributed by atoms with Crippen LogP contribution < -0.4 is 10.1 Å². The van der Waals surface area contributed by atoms with Gasteiger partial charge in [0.2, 0.25) is 0 Å². The highest BCUT2D eigenvalue weighted by molar-refractivity contribution is 6.22. The molecule has 1 aromatic carbocycles. The molecule has 3 nitrogen and oxygen atoms in total. The number of hydrogen-bond donors (Lipinski definition) is 1. The van der Waals surface area contributed by atoms with Gasteiger partial charge in [-0.25, -0.2) is 0 Å². The second kappa shape index (κ2) is 9.14. The Morgan fingerprint density at radius 3 is 1.46 bits per heavy atom. The van der Waals surface area contributed by atoms with Gasteiger partial charge in [-0.1, -0.05) is 6.07 Å². The number of carbonyl (C=O) groups excluding carboxylic acids is 1. The maximum atomic E-state index is 14.0. The van der Waals surface area contributed by atoms with E-state index >= 15 is 0 Å². The fraction of sp³-hybridized carbons (Fsp3) is 0.588. The summed E-state index contributed by atoms with van der Waals surface area (Å²) in [5, 5.41) is -6.03. The molecule has 0 aliphatic rings. The number of rotatable bonds is 10. The lowest BCUT2D eigenvalue weighted by molar-refractivity contribution is -0.445. The smallest absolute Gasteiger partial charge is 0.393 e. The zero-order chi connectivity index (χ0) is 29.8. The molecule has 0 radical (unpaired) electrons.